The van der Waals surface area contributed by atoms with E-state index in [2.05, 4.69) is 10.3 Å². The van der Waals surface area contributed by atoms with Crippen LogP contribution >= 0.6 is 0 Å². The molecule has 0 heterocycles. The molecular formula is C24H23N3O5. The van der Waals surface area contributed by atoms with E-state index in [-0.39, 0.29) is 5.84 Å². The van der Waals surface area contributed by atoms with Crippen LogP contribution < -0.4 is 20.5 Å². The molecule has 0 aliphatic heterocycles. The number of carbonyl (C=O) groups excluding carboxylic acids is 1. The summed E-state index contributed by atoms with van der Waals surface area (Å²) in [7, 11) is 0. The molecule has 32 heavy (non-hydrogen) atoms. The van der Waals surface area contributed by atoms with Crippen molar-refractivity contribution in [3.63, 3.8) is 0 Å². The number of nitrogens with zero attached hydrogens (tertiary/aromatic N) is 1. The lowest BCUT2D eigenvalue weighted by Gasteiger charge is -2.13. The second-order valence-electron chi connectivity index (χ2n) is 6.89. The van der Waals surface area contributed by atoms with Crippen molar-refractivity contribution in [2.45, 2.75) is 19.6 Å². The van der Waals surface area contributed by atoms with E-state index < -0.39 is 18.0 Å². The van der Waals surface area contributed by atoms with Gasteiger partial charge in [-0.05, 0) is 48.9 Å². The maximum Gasteiger partial charge on any atom is 0.432 e. The van der Waals surface area contributed by atoms with Crippen LogP contribution in [0.3, 0.4) is 0 Å². The average Bonchev–Trinajstić information content (AvgIpc) is 2.78. The number of benzene rings is 3. The molecule has 0 spiro atoms. The number of carbonyl (C=O) groups is 2. The maximum absolute atomic E-state index is 12.3. The number of rotatable bonds is 8. The topological polar surface area (TPSA) is 123 Å². The molecule has 3 rings (SSSR count). The fourth-order valence-corrected chi connectivity index (χ4v) is 2.74. The highest BCUT2D eigenvalue weighted by atomic mass is 16.5. The van der Waals surface area contributed by atoms with Gasteiger partial charge >= 0.3 is 6.09 Å². The van der Waals surface area contributed by atoms with Gasteiger partial charge in [0.2, 0.25) is 0 Å². The van der Waals surface area contributed by atoms with E-state index in [1.807, 2.05) is 48.5 Å². The molecule has 1 unspecified atom stereocenters. The molecule has 1 atom stereocenters. The van der Waals surface area contributed by atoms with Crippen molar-refractivity contribution in [3.05, 3.63) is 90.0 Å². The molecule has 0 radical (unpaired) electrons. The van der Waals surface area contributed by atoms with Gasteiger partial charge in [-0.2, -0.15) is 4.99 Å². The normalized spacial score (nSPS) is 12.0. The fraction of sp³-hybridized carbons (Fsp3) is 0.125. The smallest absolute Gasteiger partial charge is 0.432 e. The van der Waals surface area contributed by atoms with E-state index in [1.165, 1.54) is 0 Å². The summed E-state index contributed by atoms with van der Waals surface area (Å²) in [6.07, 6.45) is -1.42. The standard InChI is InChI=1S/C24H23N3O5/c1-16(22(25)27-24(29)30)26-23(28)18-10-12-19(13-11-18)32-21-9-5-8-20(14-21)31-15-17-6-3-2-4-7-17/h2-14,16H,15H2,1H3,(H2,25,27)(H,26,28)(H,29,30). The number of ether oxygens (including phenoxy) is 2. The van der Waals surface area contributed by atoms with Gasteiger partial charge in [0, 0.05) is 11.6 Å². The number of nitrogens with one attached hydrogen (secondary N) is 1. The average molecular weight is 433 g/mol. The third-order valence-electron chi connectivity index (χ3n) is 4.42. The van der Waals surface area contributed by atoms with Gasteiger partial charge in [0.1, 0.15) is 29.7 Å². The Morgan fingerprint density at radius 1 is 0.969 bits per heavy atom. The van der Waals surface area contributed by atoms with Crippen LogP contribution in [0.5, 0.6) is 17.2 Å². The third kappa shape index (κ3) is 6.60. The first-order valence-corrected chi connectivity index (χ1v) is 9.83. The molecule has 0 aliphatic carbocycles. The van der Waals surface area contributed by atoms with Gasteiger partial charge in [-0.15, -0.1) is 0 Å². The van der Waals surface area contributed by atoms with Crippen molar-refractivity contribution in [1.29, 1.82) is 0 Å². The lowest BCUT2D eigenvalue weighted by atomic mass is 10.2. The molecule has 4 N–H and O–H groups in total. The van der Waals surface area contributed by atoms with Crippen LogP contribution in [0, 0.1) is 0 Å². The van der Waals surface area contributed by atoms with E-state index in [0.29, 0.717) is 29.4 Å². The second-order valence-corrected chi connectivity index (χ2v) is 6.89. The first-order chi connectivity index (χ1) is 15.4. The summed E-state index contributed by atoms with van der Waals surface area (Å²) in [4.78, 5) is 26.1. The third-order valence-corrected chi connectivity index (χ3v) is 4.42. The number of hydrogen-bond donors (Lipinski definition) is 3. The van der Waals surface area contributed by atoms with Gasteiger partial charge in [-0.25, -0.2) is 4.79 Å². The molecule has 0 aromatic heterocycles. The van der Waals surface area contributed by atoms with Crippen molar-refractivity contribution in [3.8, 4) is 17.2 Å². The largest absolute Gasteiger partial charge is 0.489 e. The van der Waals surface area contributed by atoms with Gasteiger partial charge in [0.25, 0.3) is 5.91 Å². The monoisotopic (exact) mass is 433 g/mol. The molecule has 0 aliphatic rings. The van der Waals surface area contributed by atoms with Crippen LogP contribution in [0.15, 0.2) is 83.9 Å². The van der Waals surface area contributed by atoms with Crippen LogP contribution in [0.2, 0.25) is 0 Å². The lowest BCUT2D eigenvalue weighted by Crippen LogP contribution is -2.42. The first-order valence-electron chi connectivity index (χ1n) is 9.83. The number of hydrogen-bond acceptors (Lipinski definition) is 4. The van der Waals surface area contributed by atoms with Gasteiger partial charge in [0.05, 0.1) is 6.04 Å². The maximum atomic E-state index is 12.3. The van der Waals surface area contributed by atoms with Crippen LogP contribution in [-0.2, 0) is 6.61 Å². The molecular weight excluding hydrogens is 410 g/mol. The van der Waals surface area contributed by atoms with E-state index in [0.717, 1.165) is 5.56 Å². The predicted molar refractivity (Wildman–Crippen MR) is 120 cm³/mol. The Labute approximate surface area is 185 Å². The van der Waals surface area contributed by atoms with Crippen molar-refractivity contribution >= 4 is 17.8 Å². The second kappa shape index (κ2) is 10.6. The minimum atomic E-state index is -1.42. The molecule has 8 nitrogen and oxygen atoms in total. The van der Waals surface area contributed by atoms with Crippen molar-refractivity contribution in [2.24, 2.45) is 10.7 Å². The Morgan fingerprint density at radius 3 is 2.34 bits per heavy atom. The number of aliphatic imine (C=N–C) groups is 1. The number of carboxylic acid groups (broad SMARTS) is 1. The quantitative estimate of drug-likeness (QED) is 0.361. The minimum Gasteiger partial charge on any atom is -0.489 e. The summed E-state index contributed by atoms with van der Waals surface area (Å²) in [5, 5.41) is 11.2. The zero-order valence-corrected chi connectivity index (χ0v) is 17.4. The highest BCUT2D eigenvalue weighted by molar-refractivity contribution is 6.00. The molecule has 8 heteroatoms. The zero-order chi connectivity index (χ0) is 22.9. The number of amidine groups is 1. The summed E-state index contributed by atoms with van der Waals surface area (Å²) in [6.45, 7) is 2.00. The highest BCUT2D eigenvalue weighted by Crippen LogP contribution is 2.26. The van der Waals surface area contributed by atoms with E-state index in [1.54, 1.807) is 37.3 Å². The van der Waals surface area contributed by atoms with E-state index in [4.69, 9.17) is 20.3 Å². The van der Waals surface area contributed by atoms with Crippen LogP contribution in [0.1, 0.15) is 22.8 Å². The van der Waals surface area contributed by atoms with Crippen LogP contribution in [-0.4, -0.2) is 29.0 Å². The number of amides is 2. The van der Waals surface area contributed by atoms with Crippen LogP contribution in [0.4, 0.5) is 4.79 Å². The van der Waals surface area contributed by atoms with Gasteiger partial charge < -0.3 is 25.6 Å². The Balaban J connectivity index is 1.58. The molecule has 0 bridgehead atoms. The molecule has 3 aromatic carbocycles. The Bertz CT molecular complexity index is 1100. The van der Waals surface area contributed by atoms with Crippen LogP contribution in [0.25, 0.3) is 0 Å². The van der Waals surface area contributed by atoms with Crippen molar-refractivity contribution in [1.82, 2.24) is 5.32 Å². The summed E-state index contributed by atoms with van der Waals surface area (Å²) in [5.74, 6) is 1.21. The molecule has 0 fully saturated rings. The Hall–Kier alpha value is -4.33. The summed E-state index contributed by atoms with van der Waals surface area (Å²) in [6, 6.07) is 22.9. The lowest BCUT2D eigenvalue weighted by molar-refractivity contribution is 0.0948. The molecule has 0 saturated carbocycles. The molecule has 164 valence electrons. The predicted octanol–water partition coefficient (Wildman–Crippen LogP) is 4.21. The molecule has 3 aromatic rings. The van der Waals surface area contributed by atoms with Crippen molar-refractivity contribution in [2.75, 3.05) is 0 Å². The highest BCUT2D eigenvalue weighted by Gasteiger charge is 2.14. The van der Waals surface area contributed by atoms with E-state index >= 15 is 0 Å². The Kier molecular flexibility index (Phi) is 7.42. The summed E-state index contributed by atoms with van der Waals surface area (Å²) in [5.41, 5.74) is 6.98. The van der Waals surface area contributed by atoms with Crippen molar-refractivity contribution < 1.29 is 24.2 Å². The summed E-state index contributed by atoms with van der Waals surface area (Å²) >= 11 is 0. The van der Waals surface area contributed by atoms with Gasteiger partial charge in [-0.1, -0.05) is 36.4 Å². The summed E-state index contributed by atoms with van der Waals surface area (Å²) < 4.78 is 11.7. The van der Waals surface area contributed by atoms with Gasteiger partial charge in [0.15, 0.2) is 0 Å². The van der Waals surface area contributed by atoms with Gasteiger partial charge in [-0.3, -0.25) is 4.79 Å². The molecule has 0 saturated heterocycles. The fourth-order valence-electron chi connectivity index (χ4n) is 2.74. The SMILES string of the molecule is CC(NC(=O)c1ccc(Oc2cccc(OCc3ccccc3)c2)cc1)C(N)=NC(=O)O. The first kappa shape index (κ1) is 22.4. The molecule has 2 amide bonds. The van der Waals surface area contributed by atoms with E-state index in [9.17, 15) is 9.59 Å². The minimum absolute atomic E-state index is 0.194. The zero-order valence-electron chi connectivity index (χ0n) is 17.4. The number of nitrogens with two attached hydrogens (primary N) is 1. The Morgan fingerprint density at radius 2 is 1.66 bits per heavy atom.